The van der Waals surface area contributed by atoms with Gasteiger partial charge in [0.05, 0.1) is 0 Å². The molecule has 1 aliphatic rings. The van der Waals surface area contributed by atoms with Crippen molar-refractivity contribution in [2.75, 3.05) is 0 Å². The molecule has 0 bridgehead atoms. The van der Waals surface area contributed by atoms with E-state index < -0.39 is 0 Å². The van der Waals surface area contributed by atoms with Crippen LogP contribution in [-0.4, -0.2) is 15.0 Å². The number of furan rings is 2. The van der Waals surface area contributed by atoms with E-state index in [0.717, 1.165) is 79.3 Å². The van der Waals surface area contributed by atoms with Crippen LogP contribution in [0.1, 0.15) is 17.7 Å². The lowest BCUT2D eigenvalue weighted by Gasteiger charge is -2.10. The summed E-state index contributed by atoms with van der Waals surface area (Å²) in [4.78, 5) is 15.0. The molecular weight excluding hydrogens is 542 g/mol. The van der Waals surface area contributed by atoms with Crippen LogP contribution in [0.5, 0.6) is 0 Å². The zero-order valence-electron chi connectivity index (χ0n) is 23.7. The Morgan fingerprint density at radius 3 is 2.09 bits per heavy atom. The number of allylic oxidation sites excluding steroid dienone is 1. The normalized spacial score (nSPS) is 12.7. The second-order valence-corrected chi connectivity index (χ2v) is 11.1. The van der Waals surface area contributed by atoms with Gasteiger partial charge in [0.1, 0.15) is 22.5 Å². The molecule has 208 valence electrons. The molecule has 5 aromatic carbocycles. The second kappa shape index (κ2) is 9.89. The minimum absolute atomic E-state index is 0.606. The molecule has 0 unspecified atom stereocenters. The predicted octanol–water partition coefficient (Wildman–Crippen LogP) is 10.1. The van der Waals surface area contributed by atoms with Gasteiger partial charge in [0.25, 0.3) is 0 Å². The third-order valence-electron chi connectivity index (χ3n) is 8.39. The lowest BCUT2D eigenvalue weighted by atomic mass is 9.98. The highest BCUT2D eigenvalue weighted by Gasteiger charge is 2.18. The lowest BCUT2D eigenvalue weighted by molar-refractivity contribution is 0.546. The van der Waals surface area contributed by atoms with Gasteiger partial charge >= 0.3 is 0 Å². The van der Waals surface area contributed by atoms with Crippen molar-refractivity contribution in [2.24, 2.45) is 0 Å². The van der Waals surface area contributed by atoms with Gasteiger partial charge in [-0.15, -0.1) is 0 Å². The van der Waals surface area contributed by atoms with Crippen LogP contribution >= 0.6 is 0 Å². The van der Waals surface area contributed by atoms with Crippen LogP contribution < -0.4 is 0 Å². The molecule has 9 rings (SSSR count). The smallest absolute Gasteiger partial charge is 0.164 e. The molecule has 0 spiro atoms. The van der Waals surface area contributed by atoms with Crippen molar-refractivity contribution in [3.05, 3.63) is 133 Å². The Labute approximate surface area is 253 Å². The molecule has 0 fully saturated rings. The number of para-hydroxylation sites is 1. The highest BCUT2D eigenvalue weighted by atomic mass is 16.3. The maximum absolute atomic E-state index is 6.28. The van der Waals surface area contributed by atoms with E-state index in [2.05, 4.69) is 66.7 Å². The Kier molecular flexibility index (Phi) is 5.56. The van der Waals surface area contributed by atoms with Crippen molar-refractivity contribution in [1.29, 1.82) is 0 Å². The van der Waals surface area contributed by atoms with Crippen LogP contribution in [0, 0.1) is 0 Å². The fourth-order valence-corrected chi connectivity index (χ4v) is 6.28. The Morgan fingerprint density at radius 2 is 1.20 bits per heavy atom. The fraction of sp³-hybridized carbons (Fsp3) is 0.0513. The number of rotatable bonds is 4. The van der Waals surface area contributed by atoms with Gasteiger partial charge in [0.2, 0.25) is 0 Å². The lowest BCUT2D eigenvalue weighted by Crippen LogP contribution is -2.00. The SMILES string of the molecule is C1=Cc2c(oc3cc(-c4nc(-c5ccccc5)nc(-c5cccc(-c6cccc7oc8ccccc8c67)c5)n4)ccc23)CC1. The van der Waals surface area contributed by atoms with Crippen LogP contribution in [-0.2, 0) is 6.42 Å². The van der Waals surface area contributed by atoms with E-state index in [0.29, 0.717) is 17.5 Å². The summed E-state index contributed by atoms with van der Waals surface area (Å²) in [6.07, 6.45) is 6.29. The Bertz CT molecular complexity index is 2400. The molecule has 5 nitrogen and oxygen atoms in total. The molecule has 5 heteroatoms. The van der Waals surface area contributed by atoms with Crippen LogP contribution in [0.3, 0.4) is 0 Å². The first-order chi connectivity index (χ1) is 21.8. The molecule has 0 saturated heterocycles. The maximum Gasteiger partial charge on any atom is 0.164 e. The first kappa shape index (κ1) is 24.8. The number of aromatic nitrogens is 3. The Hall–Kier alpha value is -5.81. The topological polar surface area (TPSA) is 65.0 Å². The minimum Gasteiger partial charge on any atom is -0.460 e. The Morgan fingerprint density at radius 1 is 0.500 bits per heavy atom. The van der Waals surface area contributed by atoms with E-state index in [9.17, 15) is 0 Å². The number of hydrogen-bond donors (Lipinski definition) is 0. The van der Waals surface area contributed by atoms with E-state index in [1.165, 1.54) is 5.56 Å². The summed E-state index contributed by atoms with van der Waals surface area (Å²) in [6, 6.07) is 39.1. The van der Waals surface area contributed by atoms with Crippen LogP contribution in [0.4, 0.5) is 0 Å². The number of nitrogens with zero attached hydrogens (tertiary/aromatic N) is 3. The van der Waals surface area contributed by atoms with E-state index in [1.54, 1.807) is 0 Å². The number of hydrogen-bond acceptors (Lipinski definition) is 5. The largest absolute Gasteiger partial charge is 0.460 e. The first-order valence-corrected chi connectivity index (χ1v) is 14.8. The molecule has 1 aliphatic carbocycles. The maximum atomic E-state index is 6.28. The van der Waals surface area contributed by atoms with Crippen molar-refractivity contribution < 1.29 is 8.83 Å². The molecule has 44 heavy (non-hydrogen) atoms. The number of benzene rings is 5. The van der Waals surface area contributed by atoms with Gasteiger partial charge in [-0.3, -0.25) is 0 Å². The van der Waals surface area contributed by atoms with Crippen molar-refractivity contribution in [3.63, 3.8) is 0 Å². The third-order valence-corrected chi connectivity index (χ3v) is 8.39. The van der Waals surface area contributed by atoms with Crippen molar-refractivity contribution in [1.82, 2.24) is 15.0 Å². The zero-order chi connectivity index (χ0) is 29.0. The summed E-state index contributed by atoms with van der Waals surface area (Å²) in [6.45, 7) is 0. The van der Waals surface area contributed by atoms with E-state index in [4.69, 9.17) is 23.8 Å². The van der Waals surface area contributed by atoms with Gasteiger partial charge in [-0.05, 0) is 47.9 Å². The summed E-state index contributed by atoms with van der Waals surface area (Å²) in [7, 11) is 0. The number of fused-ring (bicyclic) bond motifs is 6. The molecule has 0 aliphatic heterocycles. The van der Waals surface area contributed by atoms with E-state index in [-0.39, 0.29) is 0 Å². The van der Waals surface area contributed by atoms with Gasteiger partial charge in [0.15, 0.2) is 17.5 Å². The van der Waals surface area contributed by atoms with Gasteiger partial charge in [-0.1, -0.05) is 97.1 Å². The summed E-state index contributed by atoms with van der Waals surface area (Å²) >= 11 is 0. The second-order valence-electron chi connectivity index (χ2n) is 11.1. The average Bonchev–Trinajstić information content (AvgIpc) is 3.66. The molecule has 0 radical (unpaired) electrons. The van der Waals surface area contributed by atoms with Gasteiger partial charge in [0, 0.05) is 44.8 Å². The molecule has 0 N–H and O–H groups in total. The zero-order valence-corrected chi connectivity index (χ0v) is 23.7. The highest BCUT2D eigenvalue weighted by Crippen LogP contribution is 2.38. The van der Waals surface area contributed by atoms with Crippen LogP contribution in [0.25, 0.3) is 84.3 Å². The summed E-state index contributed by atoms with van der Waals surface area (Å²) in [5, 5.41) is 3.32. The molecule has 0 amide bonds. The van der Waals surface area contributed by atoms with E-state index >= 15 is 0 Å². The summed E-state index contributed by atoms with van der Waals surface area (Å²) in [5.74, 6) is 2.88. The summed E-state index contributed by atoms with van der Waals surface area (Å²) < 4.78 is 12.4. The third kappa shape index (κ3) is 4.05. The molecule has 3 heterocycles. The van der Waals surface area contributed by atoms with Crippen LogP contribution in [0.15, 0.2) is 130 Å². The Balaban J connectivity index is 1.21. The van der Waals surface area contributed by atoms with Gasteiger partial charge in [-0.25, -0.2) is 15.0 Å². The van der Waals surface area contributed by atoms with Crippen LogP contribution in [0.2, 0.25) is 0 Å². The number of aryl methyl sites for hydroxylation is 1. The minimum atomic E-state index is 0.606. The monoisotopic (exact) mass is 567 g/mol. The first-order valence-electron chi connectivity index (χ1n) is 14.8. The molecule has 3 aromatic heterocycles. The highest BCUT2D eigenvalue weighted by molar-refractivity contribution is 6.12. The van der Waals surface area contributed by atoms with Gasteiger partial charge < -0.3 is 8.83 Å². The molecular formula is C39H25N3O2. The molecule has 0 atom stereocenters. The van der Waals surface area contributed by atoms with Crippen molar-refractivity contribution in [2.45, 2.75) is 12.8 Å². The van der Waals surface area contributed by atoms with E-state index in [1.807, 2.05) is 60.7 Å². The summed E-state index contributed by atoms with van der Waals surface area (Å²) in [5.41, 5.74) is 8.68. The average molecular weight is 568 g/mol. The quantitative estimate of drug-likeness (QED) is 0.212. The predicted molar refractivity (Wildman–Crippen MR) is 176 cm³/mol. The fourth-order valence-electron chi connectivity index (χ4n) is 6.28. The van der Waals surface area contributed by atoms with Crippen molar-refractivity contribution >= 4 is 39.0 Å². The van der Waals surface area contributed by atoms with Gasteiger partial charge in [-0.2, -0.15) is 0 Å². The standard InChI is InChI=1S/C39H25N3O2/c1-2-10-24(11-3-1)37-40-38(42-39(41-37)27-20-21-30-29-14-4-6-17-32(29)44-35(30)23-27)26-13-8-12-25(22-26)28-16-9-19-34-36(28)31-15-5-7-18-33(31)43-34/h1-5,7-16,18-23H,6,17H2. The molecule has 0 saturated carbocycles. The van der Waals surface area contributed by atoms with Crippen molar-refractivity contribution in [3.8, 4) is 45.3 Å². The molecule has 8 aromatic rings.